The Morgan fingerprint density at radius 1 is 1.29 bits per heavy atom. The van der Waals surface area contributed by atoms with Gasteiger partial charge in [-0.05, 0) is 36.2 Å². The third kappa shape index (κ3) is 3.34. The van der Waals surface area contributed by atoms with E-state index >= 15 is 0 Å². The van der Waals surface area contributed by atoms with E-state index < -0.39 is 11.8 Å². The van der Waals surface area contributed by atoms with Crippen LogP contribution in [0, 0.1) is 23.0 Å². The van der Waals surface area contributed by atoms with E-state index in [9.17, 15) is 13.6 Å². The minimum atomic E-state index is -0.550. The first-order valence-corrected chi connectivity index (χ1v) is 8.25. The number of thioether (sulfide) groups is 1. The zero-order chi connectivity index (χ0) is 17.1. The van der Waals surface area contributed by atoms with Gasteiger partial charge in [-0.2, -0.15) is 5.26 Å². The zero-order valence-electron chi connectivity index (χ0n) is 12.5. The number of nitriles is 1. The lowest BCUT2D eigenvalue weighted by Gasteiger charge is -2.26. The van der Waals surface area contributed by atoms with Gasteiger partial charge in [-0.25, -0.2) is 13.6 Å². The van der Waals surface area contributed by atoms with E-state index in [2.05, 4.69) is 10.6 Å². The Labute approximate surface area is 141 Å². The molecule has 2 amide bonds. The molecule has 1 atom stereocenters. The summed E-state index contributed by atoms with van der Waals surface area (Å²) in [6, 6.07) is 9.33. The Morgan fingerprint density at radius 2 is 2.12 bits per heavy atom. The monoisotopic (exact) mass is 345 g/mol. The van der Waals surface area contributed by atoms with Crippen LogP contribution in [0.25, 0.3) is 0 Å². The number of carbonyl (C=O) groups excluding carboxylic acids is 1. The van der Waals surface area contributed by atoms with Crippen LogP contribution in [0.4, 0.5) is 19.3 Å². The molecule has 2 aromatic rings. The van der Waals surface area contributed by atoms with E-state index in [0.29, 0.717) is 17.1 Å². The van der Waals surface area contributed by atoms with Crippen molar-refractivity contribution in [1.82, 2.24) is 5.32 Å². The molecule has 0 saturated heterocycles. The normalized spacial score (nSPS) is 16.0. The van der Waals surface area contributed by atoms with E-state index in [1.165, 1.54) is 30.0 Å². The highest BCUT2D eigenvalue weighted by Gasteiger charge is 2.24. The maximum atomic E-state index is 13.8. The highest BCUT2D eigenvalue weighted by Crippen LogP contribution is 2.37. The maximum absolute atomic E-state index is 13.8. The molecule has 7 heteroatoms. The number of urea groups is 1. The van der Waals surface area contributed by atoms with Gasteiger partial charge in [0.05, 0.1) is 17.3 Å². The van der Waals surface area contributed by atoms with E-state index in [1.807, 2.05) is 6.07 Å². The molecule has 0 bridgehead atoms. The van der Waals surface area contributed by atoms with E-state index in [-0.39, 0.29) is 23.1 Å². The molecule has 0 aliphatic carbocycles. The van der Waals surface area contributed by atoms with Crippen molar-refractivity contribution in [2.75, 3.05) is 11.1 Å². The van der Waals surface area contributed by atoms with Crippen molar-refractivity contribution in [3.05, 3.63) is 59.2 Å². The molecule has 1 heterocycles. The molecule has 0 fully saturated rings. The van der Waals surface area contributed by atoms with Crippen LogP contribution >= 0.6 is 11.8 Å². The van der Waals surface area contributed by atoms with Crippen LogP contribution in [0.15, 0.2) is 41.3 Å². The van der Waals surface area contributed by atoms with E-state index in [1.54, 1.807) is 12.1 Å². The summed E-state index contributed by atoms with van der Waals surface area (Å²) in [7, 11) is 0. The van der Waals surface area contributed by atoms with Gasteiger partial charge >= 0.3 is 6.03 Å². The number of carbonyl (C=O) groups is 1. The molecule has 0 spiro atoms. The quantitative estimate of drug-likeness (QED) is 0.857. The van der Waals surface area contributed by atoms with Crippen LogP contribution in [0.3, 0.4) is 0 Å². The van der Waals surface area contributed by atoms with Crippen molar-refractivity contribution >= 4 is 23.5 Å². The van der Waals surface area contributed by atoms with Gasteiger partial charge < -0.3 is 10.6 Å². The van der Waals surface area contributed by atoms with Gasteiger partial charge in [-0.3, -0.25) is 0 Å². The van der Waals surface area contributed by atoms with Crippen LogP contribution in [0.2, 0.25) is 0 Å². The average molecular weight is 345 g/mol. The lowest BCUT2D eigenvalue weighted by molar-refractivity contribution is 0.248. The van der Waals surface area contributed by atoms with Crippen molar-refractivity contribution < 1.29 is 13.6 Å². The minimum absolute atomic E-state index is 0.0378. The number of amides is 2. The number of hydrogen-bond donors (Lipinski definition) is 2. The summed E-state index contributed by atoms with van der Waals surface area (Å²) < 4.78 is 27.0. The lowest BCUT2D eigenvalue weighted by Crippen LogP contribution is -2.34. The van der Waals surface area contributed by atoms with Gasteiger partial charge in [-0.15, -0.1) is 11.8 Å². The summed E-state index contributed by atoms with van der Waals surface area (Å²) in [5, 5.41) is 14.3. The second-order valence-electron chi connectivity index (χ2n) is 5.25. The molecule has 2 N–H and O–H groups in total. The maximum Gasteiger partial charge on any atom is 0.319 e. The highest BCUT2D eigenvalue weighted by molar-refractivity contribution is 7.99. The SMILES string of the molecule is N#Cc1cc(F)ccc1NC(=O)NC1CCSc2c(F)cccc21. The van der Waals surface area contributed by atoms with Gasteiger partial charge in [0.1, 0.15) is 17.7 Å². The minimum Gasteiger partial charge on any atom is -0.331 e. The van der Waals surface area contributed by atoms with Gasteiger partial charge in [0.25, 0.3) is 0 Å². The Kier molecular flexibility index (Phi) is 4.67. The van der Waals surface area contributed by atoms with Gasteiger partial charge in [0.2, 0.25) is 0 Å². The smallest absolute Gasteiger partial charge is 0.319 e. The Balaban J connectivity index is 1.76. The number of halogens is 2. The zero-order valence-corrected chi connectivity index (χ0v) is 13.3. The number of nitrogens with one attached hydrogen (secondary N) is 2. The number of rotatable bonds is 2. The summed E-state index contributed by atoms with van der Waals surface area (Å²) in [5.41, 5.74) is 0.998. The topological polar surface area (TPSA) is 64.9 Å². The fourth-order valence-electron chi connectivity index (χ4n) is 2.57. The van der Waals surface area contributed by atoms with E-state index in [4.69, 9.17) is 5.26 Å². The lowest BCUT2D eigenvalue weighted by atomic mass is 10.0. The van der Waals surface area contributed by atoms with Crippen LogP contribution in [0.5, 0.6) is 0 Å². The number of hydrogen-bond acceptors (Lipinski definition) is 3. The van der Waals surface area contributed by atoms with Crippen molar-refractivity contribution in [3.63, 3.8) is 0 Å². The molecule has 0 radical (unpaired) electrons. The fraction of sp³-hybridized carbons (Fsp3) is 0.176. The first-order chi connectivity index (χ1) is 11.6. The van der Waals surface area contributed by atoms with E-state index in [0.717, 1.165) is 11.6 Å². The Morgan fingerprint density at radius 3 is 2.92 bits per heavy atom. The molecular formula is C17H13F2N3OS. The van der Waals surface area contributed by atoms with Crippen LogP contribution in [-0.2, 0) is 0 Å². The summed E-state index contributed by atoms with van der Waals surface area (Å²) in [6.07, 6.45) is 0.670. The second-order valence-corrected chi connectivity index (χ2v) is 6.35. The molecular weight excluding hydrogens is 332 g/mol. The predicted octanol–water partition coefficient (Wildman–Crippen LogP) is 4.20. The molecule has 4 nitrogen and oxygen atoms in total. The summed E-state index contributed by atoms with van der Waals surface area (Å²) in [5.74, 6) is -0.153. The number of nitrogens with zero attached hydrogens (tertiary/aromatic N) is 1. The molecule has 1 aliphatic rings. The average Bonchev–Trinajstić information content (AvgIpc) is 2.57. The third-order valence-corrected chi connectivity index (χ3v) is 4.84. The van der Waals surface area contributed by atoms with Crippen LogP contribution in [0.1, 0.15) is 23.6 Å². The summed E-state index contributed by atoms with van der Waals surface area (Å²) in [4.78, 5) is 12.8. The number of anilines is 1. The molecule has 0 saturated carbocycles. The van der Waals surface area contributed by atoms with Crippen molar-refractivity contribution in [1.29, 1.82) is 5.26 Å². The molecule has 122 valence electrons. The first-order valence-electron chi connectivity index (χ1n) is 7.27. The molecule has 0 aromatic heterocycles. The van der Waals surface area contributed by atoms with Crippen molar-refractivity contribution in [2.45, 2.75) is 17.4 Å². The number of fused-ring (bicyclic) bond motifs is 1. The first kappa shape index (κ1) is 16.3. The molecule has 1 unspecified atom stereocenters. The molecule has 2 aromatic carbocycles. The largest absolute Gasteiger partial charge is 0.331 e. The molecule has 24 heavy (non-hydrogen) atoms. The van der Waals surface area contributed by atoms with Gasteiger partial charge in [-0.1, -0.05) is 12.1 Å². The van der Waals surface area contributed by atoms with Gasteiger partial charge in [0.15, 0.2) is 0 Å². The second kappa shape index (κ2) is 6.89. The predicted molar refractivity (Wildman–Crippen MR) is 87.8 cm³/mol. The number of benzene rings is 2. The van der Waals surface area contributed by atoms with Gasteiger partial charge in [0, 0.05) is 10.6 Å². The Bertz CT molecular complexity index is 835. The molecule has 3 rings (SSSR count). The summed E-state index contributed by atoms with van der Waals surface area (Å²) in [6.45, 7) is 0. The fourth-order valence-corrected chi connectivity index (χ4v) is 3.71. The van der Waals surface area contributed by atoms with Crippen molar-refractivity contribution in [3.8, 4) is 6.07 Å². The third-order valence-electron chi connectivity index (χ3n) is 3.68. The van der Waals surface area contributed by atoms with Crippen molar-refractivity contribution in [2.24, 2.45) is 0 Å². The standard InChI is InChI=1S/C17H13F2N3OS/c18-11-4-5-14(10(8-11)9-20)21-17(23)22-15-6-7-24-16-12(15)2-1-3-13(16)19/h1-5,8,15H,6-7H2,(H2,21,22,23). The Hall–Kier alpha value is -2.59. The van der Waals surface area contributed by atoms with Crippen LogP contribution in [-0.4, -0.2) is 11.8 Å². The summed E-state index contributed by atoms with van der Waals surface area (Å²) >= 11 is 1.43. The molecule has 1 aliphatic heterocycles. The highest BCUT2D eigenvalue weighted by atomic mass is 32.2. The van der Waals surface area contributed by atoms with Crippen LogP contribution < -0.4 is 10.6 Å².